The van der Waals surface area contributed by atoms with Crippen molar-refractivity contribution in [1.82, 2.24) is 10.2 Å². The van der Waals surface area contributed by atoms with E-state index in [-0.39, 0.29) is 12.1 Å². The highest BCUT2D eigenvalue weighted by Crippen LogP contribution is 2.23. The van der Waals surface area contributed by atoms with Crippen LogP contribution in [0.4, 0.5) is 4.79 Å². The highest BCUT2D eigenvalue weighted by Gasteiger charge is 2.32. The molecule has 1 amide bonds. The molecule has 0 bridgehead atoms. The van der Waals surface area contributed by atoms with Gasteiger partial charge in [0.15, 0.2) is 0 Å². The van der Waals surface area contributed by atoms with E-state index in [9.17, 15) is 4.79 Å². The number of carbonyl (C=O) groups excluding carboxylic acids is 1. The lowest BCUT2D eigenvalue weighted by atomic mass is 9.97. The van der Waals surface area contributed by atoms with E-state index in [2.05, 4.69) is 24.0 Å². The van der Waals surface area contributed by atoms with Crippen LogP contribution in [-0.4, -0.2) is 52.8 Å². The zero-order valence-corrected chi connectivity index (χ0v) is 14.7. The Morgan fingerprint density at radius 2 is 2.05 bits per heavy atom. The van der Waals surface area contributed by atoms with Gasteiger partial charge in [-0.15, -0.1) is 0 Å². The normalized spacial score (nSPS) is 31.0. The summed E-state index contributed by atoms with van der Waals surface area (Å²) in [7, 11) is 0. The third-order valence-corrected chi connectivity index (χ3v) is 5.35. The molecule has 0 aromatic carbocycles. The second-order valence-electron chi connectivity index (χ2n) is 7.32. The quantitative estimate of drug-likeness (QED) is 0.849. The molecule has 0 aromatic heterocycles. The van der Waals surface area contributed by atoms with Crippen molar-refractivity contribution in [1.29, 1.82) is 0 Å². The number of nitrogens with zero attached hydrogens (tertiary/aromatic N) is 1. The highest BCUT2D eigenvalue weighted by atomic mass is 32.2. The minimum Gasteiger partial charge on any atom is -0.444 e. The first kappa shape index (κ1) is 16.9. The lowest BCUT2D eigenvalue weighted by molar-refractivity contribution is 0.00905. The summed E-state index contributed by atoms with van der Waals surface area (Å²) in [4.78, 5) is 14.1. The van der Waals surface area contributed by atoms with E-state index in [0.29, 0.717) is 12.1 Å². The van der Waals surface area contributed by atoms with Crippen molar-refractivity contribution < 1.29 is 9.53 Å². The van der Waals surface area contributed by atoms with E-state index in [1.54, 1.807) is 0 Å². The number of carbonyl (C=O) groups is 1. The molecule has 2 aliphatic rings. The van der Waals surface area contributed by atoms with Gasteiger partial charge in [-0.05, 0) is 59.1 Å². The Hall–Kier alpha value is -0.420. The molecule has 0 radical (unpaired) electrons. The number of hydrogen-bond acceptors (Lipinski definition) is 4. The molecule has 5 heteroatoms. The Labute approximate surface area is 133 Å². The number of ether oxygens (including phenoxy) is 1. The van der Waals surface area contributed by atoms with Gasteiger partial charge in [0.25, 0.3) is 0 Å². The van der Waals surface area contributed by atoms with Crippen molar-refractivity contribution in [2.75, 3.05) is 18.1 Å². The van der Waals surface area contributed by atoms with Crippen LogP contribution in [0.2, 0.25) is 0 Å². The van der Waals surface area contributed by atoms with Gasteiger partial charge in [0.1, 0.15) is 5.60 Å². The maximum atomic E-state index is 12.2. The summed E-state index contributed by atoms with van der Waals surface area (Å²) in [6.45, 7) is 8.70. The zero-order chi connectivity index (χ0) is 15.5. The van der Waals surface area contributed by atoms with Crippen LogP contribution in [0.3, 0.4) is 0 Å². The third kappa shape index (κ3) is 5.37. The van der Waals surface area contributed by atoms with Crippen molar-refractivity contribution in [3.63, 3.8) is 0 Å². The van der Waals surface area contributed by atoms with Crippen LogP contribution in [-0.2, 0) is 4.74 Å². The molecule has 2 heterocycles. The first-order valence-electron chi connectivity index (χ1n) is 8.18. The summed E-state index contributed by atoms with van der Waals surface area (Å²) in [5, 5.41) is 3.80. The maximum absolute atomic E-state index is 12.2. The van der Waals surface area contributed by atoms with Crippen LogP contribution in [0.5, 0.6) is 0 Å². The number of thioether (sulfide) groups is 1. The van der Waals surface area contributed by atoms with Crippen LogP contribution < -0.4 is 5.32 Å². The van der Waals surface area contributed by atoms with Crippen molar-refractivity contribution in [3.8, 4) is 0 Å². The van der Waals surface area contributed by atoms with Gasteiger partial charge in [-0.3, -0.25) is 0 Å². The lowest BCUT2D eigenvalue weighted by Gasteiger charge is -2.40. The fourth-order valence-electron chi connectivity index (χ4n) is 3.12. The lowest BCUT2D eigenvalue weighted by Crippen LogP contribution is -2.53. The molecular weight excluding hydrogens is 284 g/mol. The minimum atomic E-state index is -0.411. The Balaban J connectivity index is 1.79. The molecule has 4 nitrogen and oxygen atoms in total. The van der Waals surface area contributed by atoms with E-state index in [4.69, 9.17) is 4.74 Å². The average molecular weight is 314 g/mol. The summed E-state index contributed by atoms with van der Waals surface area (Å²) >= 11 is 2.06. The minimum absolute atomic E-state index is 0.165. The van der Waals surface area contributed by atoms with Gasteiger partial charge < -0.3 is 15.0 Å². The fraction of sp³-hybridized carbons (Fsp3) is 0.938. The molecule has 2 saturated heterocycles. The van der Waals surface area contributed by atoms with Crippen LogP contribution >= 0.6 is 11.8 Å². The second kappa shape index (κ2) is 7.23. The molecule has 3 unspecified atom stereocenters. The second-order valence-corrected chi connectivity index (χ2v) is 8.47. The van der Waals surface area contributed by atoms with Crippen LogP contribution in [0.25, 0.3) is 0 Å². The molecule has 0 saturated carbocycles. The Kier molecular flexibility index (Phi) is 5.83. The standard InChI is InChI=1S/C16H30N2O2S/c1-12-10-13(17-14-6-5-9-21-11-14)7-8-18(12)15(19)20-16(2,3)4/h12-14,17H,5-11H2,1-4H3. The highest BCUT2D eigenvalue weighted by molar-refractivity contribution is 7.99. The topological polar surface area (TPSA) is 41.6 Å². The van der Waals surface area contributed by atoms with E-state index in [1.807, 2.05) is 25.7 Å². The number of likely N-dealkylation sites (tertiary alicyclic amines) is 1. The first-order valence-corrected chi connectivity index (χ1v) is 9.34. The molecular formula is C16H30N2O2S. The van der Waals surface area contributed by atoms with Gasteiger partial charge in [-0.1, -0.05) is 0 Å². The molecule has 0 spiro atoms. The third-order valence-electron chi connectivity index (χ3n) is 4.14. The number of piperidine rings is 1. The van der Waals surface area contributed by atoms with Crippen LogP contribution in [0.15, 0.2) is 0 Å². The SMILES string of the molecule is CC1CC(NC2CCCSC2)CCN1C(=O)OC(C)(C)C. The van der Waals surface area contributed by atoms with Gasteiger partial charge in [0.2, 0.25) is 0 Å². The Morgan fingerprint density at radius 1 is 1.29 bits per heavy atom. The van der Waals surface area contributed by atoms with E-state index >= 15 is 0 Å². The Bertz CT molecular complexity index is 351. The van der Waals surface area contributed by atoms with Gasteiger partial charge in [0.05, 0.1) is 0 Å². The first-order chi connectivity index (χ1) is 9.85. The van der Waals surface area contributed by atoms with Gasteiger partial charge in [0, 0.05) is 30.4 Å². The number of hydrogen-bond donors (Lipinski definition) is 1. The Morgan fingerprint density at radius 3 is 2.62 bits per heavy atom. The van der Waals surface area contributed by atoms with Gasteiger partial charge in [-0.25, -0.2) is 4.79 Å². The molecule has 0 aliphatic carbocycles. The molecule has 2 fully saturated rings. The monoisotopic (exact) mass is 314 g/mol. The molecule has 122 valence electrons. The average Bonchev–Trinajstić information content (AvgIpc) is 2.37. The summed E-state index contributed by atoms with van der Waals surface area (Å²) in [6, 6.07) is 1.46. The molecule has 2 aliphatic heterocycles. The number of amides is 1. The smallest absolute Gasteiger partial charge is 0.410 e. The predicted molar refractivity (Wildman–Crippen MR) is 88.9 cm³/mol. The van der Waals surface area contributed by atoms with Crippen molar-refractivity contribution >= 4 is 17.9 Å². The summed E-state index contributed by atoms with van der Waals surface area (Å²) in [5.74, 6) is 2.55. The predicted octanol–water partition coefficient (Wildman–Crippen LogP) is 3.26. The van der Waals surface area contributed by atoms with Gasteiger partial charge in [-0.2, -0.15) is 11.8 Å². The molecule has 21 heavy (non-hydrogen) atoms. The summed E-state index contributed by atoms with van der Waals surface area (Å²) < 4.78 is 5.50. The fourth-order valence-corrected chi connectivity index (χ4v) is 4.21. The number of nitrogens with one attached hydrogen (secondary N) is 1. The van der Waals surface area contributed by atoms with E-state index < -0.39 is 5.60 Å². The number of rotatable bonds is 2. The summed E-state index contributed by atoms with van der Waals surface area (Å²) in [6.07, 6.45) is 4.52. The van der Waals surface area contributed by atoms with Crippen LogP contribution in [0, 0.1) is 0 Å². The van der Waals surface area contributed by atoms with Gasteiger partial charge >= 0.3 is 6.09 Å². The molecule has 2 rings (SSSR count). The summed E-state index contributed by atoms with van der Waals surface area (Å²) in [5.41, 5.74) is -0.411. The molecule has 1 N–H and O–H groups in total. The van der Waals surface area contributed by atoms with Crippen molar-refractivity contribution in [2.45, 2.75) is 77.1 Å². The van der Waals surface area contributed by atoms with Crippen molar-refractivity contribution in [2.24, 2.45) is 0 Å². The van der Waals surface area contributed by atoms with E-state index in [1.165, 1.54) is 24.3 Å². The van der Waals surface area contributed by atoms with E-state index in [0.717, 1.165) is 19.4 Å². The molecule has 0 aromatic rings. The van der Waals surface area contributed by atoms with Crippen LogP contribution in [0.1, 0.15) is 53.4 Å². The maximum Gasteiger partial charge on any atom is 0.410 e. The van der Waals surface area contributed by atoms with Crippen molar-refractivity contribution in [3.05, 3.63) is 0 Å². The zero-order valence-electron chi connectivity index (χ0n) is 13.9. The largest absolute Gasteiger partial charge is 0.444 e. The molecule has 3 atom stereocenters.